The Morgan fingerprint density at radius 3 is 2.69 bits per heavy atom. The van der Waals surface area contributed by atoms with Gasteiger partial charge in [0.25, 0.3) is 0 Å². The van der Waals surface area contributed by atoms with Gasteiger partial charge in [-0.05, 0) is 50.1 Å². The normalized spacial score (nSPS) is 15.6. The van der Waals surface area contributed by atoms with Gasteiger partial charge in [0.2, 0.25) is 5.91 Å². The van der Waals surface area contributed by atoms with E-state index in [2.05, 4.69) is 52.3 Å². The van der Waals surface area contributed by atoms with Gasteiger partial charge in [-0.25, -0.2) is 4.99 Å². The maximum Gasteiger partial charge on any atom is 0.239 e. The molecule has 0 aliphatic heterocycles. The summed E-state index contributed by atoms with van der Waals surface area (Å²) >= 11 is 1.74. The Balaban J connectivity index is 1.88. The number of carbonyl (C=O) groups is 1. The number of aliphatic imine (C=N–C) groups is 1. The Hall–Kier alpha value is -1.69. The molecule has 26 heavy (non-hydrogen) atoms. The lowest BCUT2D eigenvalue weighted by atomic mass is 9.95. The van der Waals surface area contributed by atoms with E-state index >= 15 is 0 Å². The van der Waals surface area contributed by atoms with Crippen molar-refractivity contribution in [2.75, 3.05) is 19.3 Å². The summed E-state index contributed by atoms with van der Waals surface area (Å²) in [4.78, 5) is 18.1. The lowest BCUT2D eigenvalue weighted by molar-refractivity contribution is -0.120. The van der Waals surface area contributed by atoms with Crippen LogP contribution in [0.4, 0.5) is 0 Å². The van der Waals surface area contributed by atoms with Gasteiger partial charge in [-0.1, -0.05) is 31.4 Å². The third-order valence-electron chi connectivity index (χ3n) is 4.58. The number of carbonyl (C=O) groups excluding carboxylic acids is 1. The number of rotatable bonds is 7. The van der Waals surface area contributed by atoms with Crippen molar-refractivity contribution in [1.29, 1.82) is 0 Å². The summed E-state index contributed by atoms with van der Waals surface area (Å²) in [6.07, 6.45) is 8.02. The second-order valence-electron chi connectivity index (χ2n) is 6.77. The zero-order valence-corrected chi connectivity index (χ0v) is 17.0. The zero-order chi connectivity index (χ0) is 18.8. The van der Waals surface area contributed by atoms with Crippen molar-refractivity contribution in [3.05, 3.63) is 29.3 Å². The third kappa shape index (κ3) is 6.90. The van der Waals surface area contributed by atoms with E-state index in [1.54, 1.807) is 11.8 Å². The Morgan fingerprint density at radius 1 is 1.23 bits per heavy atom. The average molecular weight is 377 g/mol. The number of nitrogens with one attached hydrogen (secondary N) is 3. The molecule has 0 atom stereocenters. The van der Waals surface area contributed by atoms with Gasteiger partial charge < -0.3 is 16.0 Å². The SMILES string of the molecule is CCNC(=NCc1ccc(C)cc1SC)NCC(=O)NC1CCCCC1. The highest BCUT2D eigenvalue weighted by atomic mass is 32.2. The molecule has 1 aliphatic carbocycles. The Labute approximate surface area is 161 Å². The van der Waals surface area contributed by atoms with Crippen LogP contribution in [0.2, 0.25) is 0 Å². The molecule has 1 fully saturated rings. The number of amides is 1. The Kier molecular flexibility index (Phi) is 8.81. The van der Waals surface area contributed by atoms with E-state index in [1.807, 2.05) is 6.92 Å². The molecule has 1 aliphatic rings. The topological polar surface area (TPSA) is 65.5 Å². The lowest BCUT2D eigenvalue weighted by Gasteiger charge is -2.23. The first-order valence-electron chi connectivity index (χ1n) is 9.57. The lowest BCUT2D eigenvalue weighted by Crippen LogP contribution is -2.46. The first kappa shape index (κ1) is 20.6. The van der Waals surface area contributed by atoms with Crippen LogP contribution < -0.4 is 16.0 Å². The molecule has 0 saturated heterocycles. The van der Waals surface area contributed by atoms with Crippen LogP contribution in [0.25, 0.3) is 0 Å². The molecule has 0 unspecified atom stereocenters. The molecular weight excluding hydrogens is 344 g/mol. The zero-order valence-electron chi connectivity index (χ0n) is 16.2. The van der Waals surface area contributed by atoms with Gasteiger partial charge in [0.1, 0.15) is 0 Å². The second kappa shape index (κ2) is 11.1. The third-order valence-corrected chi connectivity index (χ3v) is 5.40. The van der Waals surface area contributed by atoms with Crippen molar-refractivity contribution in [3.63, 3.8) is 0 Å². The number of nitrogens with zero attached hydrogens (tertiary/aromatic N) is 1. The van der Waals surface area contributed by atoms with Crippen LogP contribution in [0, 0.1) is 6.92 Å². The van der Waals surface area contributed by atoms with Crippen LogP contribution in [0.1, 0.15) is 50.2 Å². The molecule has 1 aromatic rings. The quantitative estimate of drug-likeness (QED) is 0.388. The van der Waals surface area contributed by atoms with Crippen molar-refractivity contribution in [1.82, 2.24) is 16.0 Å². The molecule has 0 spiro atoms. The molecular formula is C20H32N4OS. The van der Waals surface area contributed by atoms with Crippen molar-refractivity contribution < 1.29 is 4.79 Å². The summed E-state index contributed by atoms with van der Waals surface area (Å²) in [6, 6.07) is 6.77. The van der Waals surface area contributed by atoms with E-state index in [-0.39, 0.29) is 12.5 Å². The number of hydrogen-bond donors (Lipinski definition) is 3. The summed E-state index contributed by atoms with van der Waals surface area (Å²) in [5.74, 6) is 0.724. The molecule has 0 bridgehead atoms. The average Bonchev–Trinajstić information content (AvgIpc) is 2.65. The van der Waals surface area contributed by atoms with Gasteiger partial charge in [-0.3, -0.25) is 4.79 Å². The van der Waals surface area contributed by atoms with Gasteiger partial charge in [0.05, 0.1) is 13.1 Å². The maximum atomic E-state index is 12.2. The maximum absolute atomic E-state index is 12.2. The second-order valence-corrected chi connectivity index (χ2v) is 7.61. The van der Waals surface area contributed by atoms with E-state index < -0.39 is 0 Å². The molecule has 1 saturated carbocycles. The Bertz CT molecular complexity index is 612. The molecule has 1 aromatic carbocycles. The summed E-state index contributed by atoms with van der Waals surface area (Å²) < 4.78 is 0. The van der Waals surface area contributed by atoms with E-state index in [1.165, 1.54) is 35.3 Å². The number of thioether (sulfide) groups is 1. The standard InChI is InChI=1S/C20H32N4OS/c1-4-21-20(22-13-16-11-10-15(2)12-18(16)26-3)23-14-19(25)24-17-8-6-5-7-9-17/h10-12,17H,4-9,13-14H2,1-3H3,(H,24,25)(H2,21,22,23). The van der Waals surface area contributed by atoms with E-state index in [9.17, 15) is 4.79 Å². The van der Waals surface area contributed by atoms with Crippen molar-refractivity contribution in [2.24, 2.45) is 4.99 Å². The van der Waals surface area contributed by atoms with Crippen LogP contribution in [0.15, 0.2) is 28.1 Å². The van der Waals surface area contributed by atoms with Crippen LogP contribution in [0.5, 0.6) is 0 Å². The fourth-order valence-electron chi connectivity index (χ4n) is 3.18. The van der Waals surface area contributed by atoms with Crippen molar-refractivity contribution >= 4 is 23.6 Å². The minimum absolute atomic E-state index is 0.0441. The Morgan fingerprint density at radius 2 is 2.00 bits per heavy atom. The van der Waals surface area contributed by atoms with E-state index in [0.717, 1.165) is 19.4 Å². The molecule has 2 rings (SSSR count). The molecule has 0 heterocycles. The van der Waals surface area contributed by atoms with Gasteiger partial charge in [0, 0.05) is 17.5 Å². The van der Waals surface area contributed by atoms with Gasteiger partial charge in [-0.2, -0.15) is 0 Å². The number of aryl methyl sites for hydroxylation is 1. The first-order valence-corrected chi connectivity index (χ1v) is 10.8. The monoisotopic (exact) mass is 376 g/mol. The van der Waals surface area contributed by atoms with E-state index in [4.69, 9.17) is 0 Å². The number of guanidine groups is 1. The van der Waals surface area contributed by atoms with Crippen molar-refractivity contribution in [3.8, 4) is 0 Å². The molecule has 0 radical (unpaired) electrons. The largest absolute Gasteiger partial charge is 0.357 e. The number of hydrogen-bond acceptors (Lipinski definition) is 3. The fraction of sp³-hybridized carbons (Fsp3) is 0.600. The summed E-state index contributed by atoms with van der Waals surface area (Å²) in [7, 11) is 0. The summed E-state index contributed by atoms with van der Waals surface area (Å²) in [5.41, 5.74) is 2.46. The molecule has 0 aromatic heterocycles. The van der Waals surface area contributed by atoms with Crippen LogP contribution in [-0.4, -0.2) is 37.3 Å². The minimum atomic E-state index is 0.0441. The molecule has 5 nitrogen and oxygen atoms in total. The van der Waals surface area contributed by atoms with Crippen LogP contribution in [-0.2, 0) is 11.3 Å². The molecule has 6 heteroatoms. The summed E-state index contributed by atoms with van der Waals surface area (Å²) in [5, 5.41) is 9.49. The predicted molar refractivity (Wildman–Crippen MR) is 111 cm³/mol. The highest BCUT2D eigenvalue weighted by Gasteiger charge is 2.15. The smallest absolute Gasteiger partial charge is 0.239 e. The number of benzene rings is 1. The highest BCUT2D eigenvalue weighted by molar-refractivity contribution is 7.98. The van der Waals surface area contributed by atoms with Gasteiger partial charge in [-0.15, -0.1) is 11.8 Å². The van der Waals surface area contributed by atoms with E-state index in [0.29, 0.717) is 18.5 Å². The summed E-state index contributed by atoms with van der Waals surface area (Å²) in [6.45, 7) is 5.74. The molecule has 1 amide bonds. The minimum Gasteiger partial charge on any atom is -0.357 e. The van der Waals surface area contributed by atoms with Gasteiger partial charge >= 0.3 is 0 Å². The van der Waals surface area contributed by atoms with Crippen LogP contribution in [0.3, 0.4) is 0 Å². The van der Waals surface area contributed by atoms with Crippen molar-refractivity contribution in [2.45, 2.75) is 63.4 Å². The van der Waals surface area contributed by atoms with Gasteiger partial charge in [0.15, 0.2) is 5.96 Å². The fourth-order valence-corrected chi connectivity index (χ4v) is 3.88. The van der Waals surface area contributed by atoms with Crippen LogP contribution >= 0.6 is 11.8 Å². The molecule has 144 valence electrons. The highest BCUT2D eigenvalue weighted by Crippen LogP contribution is 2.22. The predicted octanol–water partition coefficient (Wildman–Crippen LogP) is 3.22. The molecule has 3 N–H and O–H groups in total. The first-order chi connectivity index (χ1) is 12.6.